The highest BCUT2D eigenvalue weighted by atomic mass is 19.3. The van der Waals surface area contributed by atoms with Gasteiger partial charge < -0.3 is 4.74 Å². The normalized spacial score (nSPS) is 12.1. The first-order valence-electron chi connectivity index (χ1n) is 5.43. The molecule has 16 heavy (non-hydrogen) atoms. The Morgan fingerprint density at radius 1 is 1.19 bits per heavy atom. The van der Waals surface area contributed by atoms with E-state index in [-0.39, 0.29) is 6.61 Å². The van der Waals surface area contributed by atoms with Gasteiger partial charge in [0.1, 0.15) is 6.61 Å². The lowest BCUT2D eigenvalue weighted by Gasteiger charge is -2.11. The highest BCUT2D eigenvalue weighted by Crippen LogP contribution is 2.16. The molecular weight excluding hydrogens is 210 g/mol. The van der Waals surface area contributed by atoms with Crippen LogP contribution in [0.5, 0.6) is 0 Å². The van der Waals surface area contributed by atoms with Crippen LogP contribution < -0.4 is 0 Å². The molecule has 90 valence electrons. The van der Waals surface area contributed by atoms with E-state index in [2.05, 4.69) is 13.8 Å². The van der Waals surface area contributed by atoms with Crippen molar-refractivity contribution >= 4 is 0 Å². The minimum Gasteiger partial charge on any atom is -0.371 e. The van der Waals surface area contributed by atoms with Crippen molar-refractivity contribution in [1.82, 2.24) is 0 Å². The molecule has 0 saturated carbocycles. The predicted octanol–water partition coefficient (Wildman–Crippen LogP) is 3.98. The summed E-state index contributed by atoms with van der Waals surface area (Å²) in [5, 5.41) is 0. The molecule has 0 aliphatic rings. The van der Waals surface area contributed by atoms with Gasteiger partial charge in [0.15, 0.2) is 0 Å². The molecule has 0 heterocycles. The molecule has 0 bridgehead atoms. The standard InChI is InChI=1S/C13H18F2O/c1-10(2)12-6-4-11(5-7-12)8-16-9-13(3,14)15/h4-7,10H,8-9H2,1-3H3. The van der Waals surface area contributed by atoms with Crippen LogP contribution in [-0.2, 0) is 11.3 Å². The number of hydrogen-bond acceptors (Lipinski definition) is 1. The molecule has 0 aliphatic heterocycles. The van der Waals surface area contributed by atoms with Gasteiger partial charge in [-0.05, 0) is 17.0 Å². The zero-order valence-electron chi connectivity index (χ0n) is 9.97. The third-order valence-electron chi connectivity index (χ3n) is 2.27. The predicted molar refractivity (Wildman–Crippen MR) is 60.8 cm³/mol. The van der Waals surface area contributed by atoms with Gasteiger partial charge in [-0.3, -0.25) is 0 Å². The number of benzene rings is 1. The Balaban J connectivity index is 2.44. The molecule has 0 unspecified atom stereocenters. The van der Waals surface area contributed by atoms with Crippen LogP contribution in [0.1, 0.15) is 37.8 Å². The second-order valence-electron chi connectivity index (χ2n) is 4.46. The summed E-state index contributed by atoms with van der Waals surface area (Å²) in [5.41, 5.74) is 2.17. The molecule has 0 radical (unpaired) electrons. The van der Waals surface area contributed by atoms with Crippen LogP contribution in [0, 0.1) is 0 Å². The Hall–Kier alpha value is -0.960. The number of ether oxygens (including phenoxy) is 1. The summed E-state index contributed by atoms with van der Waals surface area (Å²) in [6.45, 7) is 4.79. The first-order valence-corrected chi connectivity index (χ1v) is 5.43. The molecule has 0 saturated heterocycles. The van der Waals surface area contributed by atoms with Gasteiger partial charge >= 0.3 is 0 Å². The average Bonchev–Trinajstić information content (AvgIpc) is 2.16. The Kier molecular flexibility index (Phi) is 4.42. The number of rotatable bonds is 5. The van der Waals surface area contributed by atoms with Gasteiger partial charge in [0.2, 0.25) is 0 Å². The fourth-order valence-corrected chi connectivity index (χ4v) is 1.35. The SMILES string of the molecule is CC(C)c1ccc(COCC(C)(F)F)cc1. The summed E-state index contributed by atoms with van der Waals surface area (Å²) < 4.78 is 29.9. The van der Waals surface area contributed by atoms with Crippen molar-refractivity contribution in [1.29, 1.82) is 0 Å². The van der Waals surface area contributed by atoms with Crippen molar-refractivity contribution < 1.29 is 13.5 Å². The first kappa shape index (κ1) is 13.1. The van der Waals surface area contributed by atoms with Crippen molar-refractivity contribution in [3.63, 3.8) is 0 Å². The fourth-order valence-electron chi connectivity index (χ4n) is 1.35. The van der Waals surface area contributed by atoms with E-state index in [1.165, 1.54) is 5.56 Å². The Morgan fingerprint density at radius 2 is 1.75 bits per heavy atom. The molecule has 1 aromatic carbocycles. The van der Waals surface area contributed by atoms with Gasteiger partial charge in [0, 0.05) is 6.92 Å². The van der Waals surface area contributed by atoms with E-state index < -0.39 is 12.5 Å². The van der Waals surface area contributed by atoms with E-state index >= 15 is 0 Å². The summed E-state index contributed by atoms with van der Waals surface area (Å²) in [4.78, 5) is 0. The van der Waals surface area contributed by atoms with E-state index in [0.717, 1.165) is 12.5 Å². The lowest BCUT2D eigenvalue weighted by molar-refractivity contribution is -0.0673. The van der Waals surface area contributed by atoms with Gasteiger partial charge in [-0.2, -0.15) is 0 Å². The van der Waals surface area contributed by atoms with E-state index in [1.54, 1.807) is 0 Å². The molecule has 1 rings (SSSR count). The summed E-state index contributed by atoms with van der Waals surface area (Å²) in [7, 11) is 0. The number of alkyl halides is 2. The molecule has 0 N–H and O–H groups in total. The Labute approximate surface area is 95.4 Å². The van der Waals surface area contributed by atoms with Crippen LogP contribution in [-0.4, -0.2) is 12.5 Å². The quantitative estimate of drug-likeness (QED) is 0.740. The van der Waals surface area contributed by atoms with Crippen molar-refractivity contribution in [2.45, 2.75) is 39.2 Å². The van der Waals surface area contributed by atoms with E-state index in [1.807, 2.05) is 24.3 Å². The first-order chi connectivity index (χ1) is 7.38. The zero-order valence-corrected chi connectivity index (χ0v) is 9.97. The van der Waals surface area contributed by atoms with Crippen molar-refractivity contribution in [3.05, 3.63) is 35.4 Å². The van der Waals surface area contributed by atoms with Crippen molar-refractivity contribution in [2.24, 2.45) is 0 Å². The highest BCUT2D eigenvalue weighted by Gasteiger charge is 2.20. The largest absolute Gasteiger partial charge is 0.371 e. The molecule has 0 atom stereocenters. The van der Waals surface area contributed by atoms with Crippen molar-refractivity contribution in [2.75, 3.05) is 6.61 Å². The smallest absolute Gasteiger partial charge is 0.268 e. The fraction of sp³-hybridized carbons (Fsp3) is 0.538. The van der Waals surface area contributed by atoms with Gasteiger partial charge in [-0.15, -0.1) is 0 Å². The van der Waals surface area contributed by atoms with E-state index in [9.17, 15) is 8.78 Å². The minimum atomic E-state index is -2.75. The number of hydrogen-bond donors (Lipinski definition) is 0. The van der Waals surface area contributed by atoms with Gasteiger partial charge in [0.05, 0.1) is 6.61 Å². The van der Waals surface area contributed by atoms with Gasteiger partial charge in [0.25, 0.3) is 5.92 Å². The van der Waals surface area contributed by atoms with E-state index in [4.69, 9.17) is 4.74 Å². The molecule has 1 nitrogen and oxygen atoms in total. The van der Waals surface area contributed by atoms with Crippen LogP contribution in [0.3, 0.4) is 0 Å². The van der Waals surface area contributed by atoms with Gasteiger partial charge in [-0.25, -0.2) is 8.78 Å². The minimum absolute atomic E-state index is 0.238. The number of halogens is 2. The third-order valence-corrected chi connectivity index (χ3v) is 2.27. The monoisotopic (exact) mass is 228 g/mol. The molecule has 0 spiro atoms. The summed E-state index contributed by atoms with van der Waals surface area (Å²) in [6.07, 6.45) is 0. The van der Waals surface area contributed by atoms with Crippen molar-refractivity contribution in [3.8, 4) is 0 Å². The van der Waals surface area contributed by atoms with Crippen LogP contribution in [0.4, 0.5) is 8.78 Å². The molecule has 1 aromatic rings. The van der Waals surface area contributed by atoms with Crippen LogP contribution >= 0.6 is 0 Å². The van der Waals surface area contributed by atoms with Crippen LogP contribution in [0.25, 0.3) is 0 Å². The van der Waals surface area contributed by atoms with Gasteiger partial charge in [-0.1, -0.05) is 38.1 Å². The van der Waals surface area contributed by atoms with Crippen LogP contribution in [0.15, 0.2) is 24.3 Å². The summed E-state index contributed by atoms with van der Waals surface area (Å²) in [6, 6.07) is 7.85. The Bertz CT molecular complexity index is 312. The molecule has 3 heteroatoms. The lowest BCUT2D eigenvalue weighted by Crippen LogP contribution is -2.18. The lowest BCUT2D eigenvalue weighted by atomic mass is 10.0. The molecule has 0 fully saturated rings. The maximum Gasteiger partial charge on any atom is 0.268 e. The second-order valence-corrected chi connectivity index (χ2v) is 4.46. The average molecular weight is 228 g/mol. The van der Waals surface area contributed by atoms with Crippen LogP contribution in [0.2, 0.25) is 0 Å². The van der Waals surface area contributed by atoms with E-state index in [0.29, 0.717) is 5.92 Å². The third kappa shape index (κ3) is 4.71. The topological polar surface area (TPSA) is 9.23 Å². The molecule has 0 aromatic heterocycles. The summed E-state index contributed by atoms with van der Waals surface area (Å²) in [5.74, 6) is -2.27. The second kappa shape index (κ2) is 5.39. The highest BCUT2D eigenvalue weighted by molar-refractivity contribution is 5.24. The Morgan fingerprint density at radius 3 is 2.19 bits per heavy atom. The maximum atomic E-state index is 12.5. The zero-order chi connectivity index (χ0) is 12.2. The molecular formula is C13H18F2O. The molecule has 0 amide bonds. The molecule has 0 aliphatic carbocycles. The summed E-state index contributed by atoms with van der Waals surface area (Å²) >= 11 is 0. The maximum absolute atomic E-state index is 12.5.